The van der Waals surface area contributed by atoms with Gasteiger partial charge in [0, 0.05) is 12.6 Å². The van der Waals surface area contributed by atoms with Crippen LogP contribution in [0.2, 0.25) is 5.15 Å². The van der Waals surface area contributed by atoms with Gasteiger partial charge in [0.15, 0.2) is 10.3 Å². The minimum absolute atomic E-state index is 0.296. The lowest BCUT2D eigenvalue weighted by molar-refractivity contribution is 0.633. The normalized spacial score (nSPS) is 20.1. The van der Waals surface area contributed by atoms with Crippen molar-refractivity contribution < 1.29 is 0 Å². The molecule has 1 aliphatic heterocycles. The van der Waals surface area contributed by atoms with Gasteiger partial charge in [-0.25, -0.2) is 4.98 Å². The number of nitrogens with zero attached hydrogens (tertiary/aromatic N) is 2. The molecule has 1 atom stereocenters. The average molecular weight is 243 g/mol. The summed E-state index contributed by atoms with van der Waals surface area (Å²) in [6.07, 6.45) is 2.42. The van der Waals surface area contributed by atoms with Crippen LogP contribution in [0.15, 0.2) is 0 Å². The zero-order valence-corrected chi connectivity index (χ0v) is 9.66. The molecule has 0 bridgehead atoms. The minimum Gasteiger partial charge on any atom is -0.360 e. The summed E-state index contributed by atoms with van der Waals surface area (Å²) in [5.74, 6) is 0. The van der Waals surface area contributed by atoms with Crippen molar-refractivity contribution in [3.05, 3.63) is 10.0 Å². The van der Waals surface area contributed by atoms with Gasteiger partial charge >= 0.3 is 0 Å². The zero-order chi connectivity index (χ0) is 10.7. The number of hydrogen-bond acceptors (Lipinski definition) is 5. The smallest absolute Gasteiger partial charge is 0.185 e. The number of anilines is 1. The molecule has 6 heteroatoms. The van der Waals surface area contributed by atoms with Gasteiger partial charge in [-0.15, -0.1) is 0 Å². The molecule has 0 amide bonds. The molecule has 1 aliphatic rings. The zero-order valence-electron chi connectivity index (χ0n) is 8.09. The quantitative estimate of drug-likeness (QED) is 0.849. The van der Waals surface area contributed by atoms with Crippen molar-refractivity contribution in [3.8, 4) is 6.07 Å². The number of nitrogens with one attached hydrogen (secondary N) is 2. The number of thiazole rings is 1. The fourth-order valence-corrected chi connectivity index (χ4v) is 2.54. The van der Waals surface area contributed by atoms with Crippen LogP contribution in [0.1, 0.15) is 17.7 Å². The van der Waals surface area contributed by atoms with Gasteiger partial charge < -0.3 is 10.6 Å². The van der Waals surface area contributed by atoms with E-state index in [4.69, 9.17) is 16.9 Å². The van der Waals surface area contributed by atoms with Crippen LogP contribution in [0, 0.1) is 11.3 Å². The topological polar surface area (TPSA) is 60.7 Å². The van der Waals surface area contributed by atoms with Crippen molar-refractivity contribution in [2.24, 2.45) is 0 Å². The summed E-state index contributed by atoms with van der Waals surface area (Å²) in [7, 11) is 0. The number of halogens is 1. The van der Waals surface area contributed by atoms with Crippen LogP contribution >= 0.6 is 22.9 Å². The molecular weight excluding hydrogens is 232 g/mol. The summed E-state index contributed by atoms with van der Waals surface area (Å²) in [6.45, 7) is 1.93. The van der Waals surface area contributed by atoms with E-state index < -0.39 is 0 Å². The molecule has 2 rings (SSSR count). The highest BCUT2D eigenvalue weighted by atomic mass is 35.5. The Balaban J connectivity index is 1.90. The Bertz CT molecular complexity index is 378. The maximum Gasteiger partial charge on any atom is 0.185 e. The van der Waals surface area contributed by atoms with Crippen molar-refractivity contribution in [2.75, 3.05) is 18.4 Å². The molecule has 1 aromatic heterocycles. The fourth-order valence-electron chi connectivity index (χ4n) is 1.59. The van der Waals surface area contributed by atoms with E-state index in [1.54, 1.807) is 0 Å². The molecule has 1 unspecified atom stereocenters. The third kappa shape index (κ3) is 2.59. The summed E-state index contributed by atoms with van der Waals surface area (Å²) in [5.41, 5.74) is 0. The molecule has 0 aliphatic carbocycles. The molecule has 2 N–H and O–H groups in total. The van der Waals surface area contributed by atoms with Crippen LogP contribution in [-0.2, 0) is 0 Å². The Labute approximate surface area is 97.3 Å². The Kier molecular flexibility index (Phi) is 3.41. The van der Waals surface area contributed by atoms with Gasteiger partial charge in [0.25, 0.3) is 0 Å². The SMILES string of the molecule is N#Cc1sc(NCC2CCCN2)nc1Cl. The number of aromatic nitrogens is 1. The predicted molar refractivity (Wildman–Crippen MR) is 61.4 cm³/mol. The van der Waals surface area contributed by atoms with Gasteiger partial charge in [-0.05, 0) is 19.4 Å². The molecule has 1 aromatic rings. The summed E-state index contributed by atoms with van der Waals surface area (Å²) in [5, 5.41) is 16.3. The van der Waals surface area contributed by atoms with Gasteiger partial charge in [0.05, 0.1) is 0 Å². The average Bonchev–Trinajstić information content (AvgIpc) is 2.83. The Morgan fingerprint density at radius 1 is 1.73 bits per heavy atom. The molecule has 2 heterocycles. The molecule has 0 aromatic carbocycles. The lowest BCUT2D eigenvalue weighted by Gasteiger charge is -2.09. The largest absolute Gasteiger partial charge is 0.360 e. The van der Waals surface area contributed by atoms with Crippen molar-refractivity contribution in [2.45, 2.75) is 18.9 Å². The van der Waals surface area contributed by atoms with Crippen LogP contribution < -0.4 is 10.6 Å². The van der Waals surface area contributed by atoms with Crippen LogP contribution in [0.4, 0.5) is 5.13 Å². The lowest BCUT2D eigenvalue weighted by Crippen LogP contribution is -2.29. The van der Waals surface area contributed by atoms with Gasteiger partial charge in [-0.1, -0.05) is 22.9 Å². The first-order chi connectivity index (χ1) is 7.29. The first kappa shape index (κ1) is 10.7. The molecule has 0 radical (unpaired) electrons. The molecule has 0 saturated carbocycles. The van der Waals surface area contributed by atoms with Crippen LogP contribution in [0.3, 0.4) is 0 Å². The van der Waals surface area contributed by atoms with Gasteiger partial charge in [-0.3, -0.25) is 0 Å². The second kappa shape index (κ2) is 4.79. The predicted octanol–water partition coefficient (Wildman–Crippen LogP) is 1.83. The van der Waals surface area contributed by atoms with E-state index in [1.807, 2.05) is 6.07 Å². The fraction of sp³-hybridized carbons (Fsp3) is 0.556. The number of rotatable bonds is 3. The molecule has 4 nitrogen and oxygen atoms in total. The van der Waals surface area contributed by atoms with Gasteiger partial charge in [-0.2, -0.15) is 5.26 Å². The van der Waals surface area contributed by atoms with Crippen LogP contribution in [-0.4, -0.2) is 24.1 Å². The highest BCUT2D eigenvalue weighted by Gasteiger charge is 2.14. The maximum absolute atomic E-state index is 8.71. The highest BCUT2D eigenvalue weighted by Crippen LogP contribution is 2.25. The van der Waals surface area contributed by atoms with E-state index in [1.165, 1.54) is 24.2 Å². The first-order valence-electron chi connectivity index (χ1n) is 4.83. The summed E-state index contributed by atoms with van der Waals surface area (Å²) in [6, 6.07) is 2.52. The van der Waals surface area contributed by atoms with Crippen molar-refractivity contribution in [3.63, 3.8) is 0 Å². The van der Waals surface area contributed by atoms with Crippen molar-refractivity contribution >= 4 is 28.1 Å². The third-order valence-corrected chi connectivity index (χ3v) is 3.65. The van der Waals surface area contributed by atoms with E-state index in [0.29, 0.717) is 16.1 Å². The summed E-state index contributed by atoms with van der Waals surface area (Å²) >= 11 is 7.06. The van der Waals surface area contributed by atoms with E-state index in [-0.39, 0.29) is 0 Å². The molecule has 15 heavy (non-hydrogen) atoms. The highest BCUT2D eigenvalue weighted by molar-refractivity contribution is 7.16. The van der Waals surface area contributed by atoms with Gasteiger partial charge in [0.1, 0.15) is 10.9 Å². The Morgan fingerprint density at radius 3 is 3.20 bits per heavy atom. The minimum atomic E-state index is 0.296. The second-order valence-electron chi connectivity index (χ2n) is 3.42. The van der Waals surface area contributed by atoms with E-state index in [0.717, 1.165) is 18.2 Å². The number of nitriles is 1. The van der Waals surface area contributed by atoms with E-state index >= 15 is 0 Å². The van der Waals surface area contributed by atoms with Crippen molar-refractivity contribution in [1.29, 1.82) is 5.26 Å². The monoisotopic (exact) mass is 242 g/mol. The Morgan fingerprint density at radius 2 is 2.60 bits per heavy atom. The molecule has 1 fully saturated rings. The van der Waals surface area contributed by atoms with Crippen LogP contribution in [0.25, 0.3) is 0 Å². The lowest BCUT2D eigenvalue weighted by atomic mass is 10.2. The van der Waals surface area contributed by atoms with Crippen molar-refractivity contribution in [1.82, 2.24) is 10.3 Å². The number of hydrogen-bond donors (Lipinski definition) is 2. The van der Waals surface area contributed by atoms with E-state index in [2.05, 4.69) is 15.6 Å². The maximum atomic E-state index is 8.71. The Hall–Kier alpha value is -0.830. The van der Waals surface area contributed by atoms with Crippen LogP contribution in [0.5, 0.6) is 0 Å². The third-order valence-electron chi connectivity index (χ3n) is 2.35. The summed E-state index contributed by atoms with van der Waals surface area (Å²) in [4.78, 5) is 4.54. The molecule has 0 spiro atoms. The second-order valence-corrected chi connectivity index (χ2v) is 4.78. The molecule has 1 saturated heterocycles. The summed E-state index contributed by atoms with van der Waals surface area (Å²) < 4.78 is 0. The van der Waals surface area contributed by atoms with Gasteiger partial charge in [0.2, 0.25) is 0 Å². The standard InChI is InChI=1S/C9H11ClN4S/c10-8-7(4-11)15-9(14-8)13-5-6-2-1-3-12-6/h6,12H,1-3,5H2,(H,13,14). The van der Waals surface area contributed by atoms with E-state index in [9.17, 15) is 0 Å². The molecular formula is C9H11ClN4S. The first-order valence-corrected chi connectivity index (χ1v) is 6.02. The molecule has 80 valence electrons.